The molecular formula is C17H24FIN4OS. The second kappa shape index (κ2) is 10.7. The van der Waals surface area contributed by atoms with Crippen LogP contribution in [0.4, 0.5) is 4.39 Å². The van der Waals surface area contributed by atoms with Crippen molar-refractivity contribution in [2.45, 2.75) is 26.5 Å². The van der Waals surface area contributed by atoms with Crippen molar-refractivity contribution >= 4 is 41.3 Å². The predicted octanol–water partition coefficient (Wildman–Crippen LogP) is 3.34. The second-order valence-electron chi connectivity index (χ2n) is 5.45. The Bertz CT molecular complexity index is 695. The zero-order chi connectivity index (χ0) is 17.5. The highest BCUT2D eigenvalue weighted by atomic mass is 127. The average molecular weight is 478 g/mol. The normalized spacial score (nSPS) is 12.4. The number of hydrogen-bond acceptors (Lipinski definition) is 4. The zero-order valence-electron chi connectivity index (χ0n) is 14.6. The topological polar surface area (TPSA) is 60.8 Å². The van der Waals surface area contributed by atoms with Crippen LogP contribution in [0.25, 0.3) is 0 Å². The lowest BCUT2D eigenvalue weighted by Crippen LogP contribution is -2.38. The number of halogens is 2. The summed E-state index contributed by atoms with van der Waals surface area (Å²) in [6, 6.07) is 6.21. The molecule has 1 atom stereocenters. The minimum atomic E-state index is -0.977. The van der Waals surface area contributed by atoms with E-state index < -0.39 is 11.9 Å². The quantitative estimate of drug-likeness (QED) is 0.380. The third kappa shape index (κ3) is 6.52. The molecule has 8 heteroatoms. The summed E-state index contributed by atoms with van der Waals surface area (Å²) >= 11 is 1.61. The number of benzene rings is 1. The van der Waals surface area contributed by atoms with E-state index in [1.807, 2.05) is 31.2 Å². The molecule has 0 aliphatic carbocycles. The number of aliphatic imine (C=N–C) groups is 1. The largest absolute Gasteiger partial charge is 0.386 e. The van der Waals surface area contributed by atoms with Gasteiger partial charge < -0.3 is 15.3 Å². The number of aliphatic hydroxyl groups excluding tert-OH is 1. The van der Waals surface area contributed by atoms with Crippen LogP contribution in [0.15, 0.2) is 34.6 Å². The predicted molar refractivity (Wildman–Crippen MR) is 111 cm³/mol. The molecule has 0 spiro atoms. The van der Waals surface area contributed by atoms with E-state index in [0.717, 1.165) is 10.7 Å². The number of hydrogen-bond donors (Lipinski definition) is 2. The van der Waals surface area contributed by atoms with Crippen molar-refractivity contribution in [1.82, 2.24) is 15.2 Å². The smallest absolute Gasteiger partial charge is 0.194 e. The van der Waals surface area contributed by atoms with E-state index in [-0.39, 0.29) is 36.1 Å². The molecule has 0 saturated heterocycles. The fourth-order valence-electron chi connectivity index (χ4n) is 2.29. The average Bonchev–Trinajstić information content (AvgIpc) is 2.96. The maximum absolute atomic E-state index is 13.7. The van der Waals surface area contributed by atoms with Gasteiger partial charge in [-0.1, -0.05) is 18.2 Å². The number of nitrogens with one attached hydrogen (secondary N) is 1. The number of nitrogens with zero attached hydrogens (tertiary/aromatic N) is 3. The van der Waals surface area contributed by atoms with Gasteiger partial charge in [-0.2, -0.15) is 0 Å². The fraction of sp³-hybridized carbons (Fsp3) is 0.412. The third-order valence-corrected chi connectivity index (χ3v) is 4.26. The van der Waals surface area contributed by atoms with Crippen LogP contribution in [0.1, 0.15) is 29.3 Å². The van der Waals surface area contributed by atoms with Gasteiger partial charge in [-0.05, 0) is 19.9 Å². The van der Waals surface area contributed by atoms with Gasteiger partial charge in [0.1, 0.15) is 11.9 Å². The van der Waals surface area contributed by atoms with Gasteiger partial charge in [0, 0.05) is 24.5 Å². The highest BCUT2D eigenvalue weighted by Crippen LogP contribution is 2.17. The van der Waals surface area contributed by atoms with Crippen LogP contribution in [0.2, 0.25) is 0 Å². The summed E-state index contributed by atoms with van der Waals surface area (Å²) in [7, 11) is 1.91. The van der Waals surface area contributed by atoms with Crippen molar-refractivity contribution in [3.63, 3.8) is 0 Å². The van der Waals surface area contributed by atoms with Crippen LogP contribution >= 0.6 is 35.3 Å². The van der Waals surface area contributed by atoms with Gasteiger partial charge in [-0.25, -0.2) is 9.37 Å². The Morgan fingerprint density at radius 1 is 1.44 bits per heavy atom. The van der Waals surface area contributed by atoms with E-state index in [9.17, 15) is 9.50 Å². The molecule has 0 bridgehead atoms. The van der Waals surface area contributed by atoms with Crippen molar-refractivity contribution < 1.29 is 9.50 Å². The molecule has 1 unspecified atom stereocenters. The molecule has 25 heavy (non-hydrogen) atoms. The summed E-state index contributed by atoms with van der Waals surface area (Å²) in [5.41, 5.74) is 1.23. The van der Waals surface area contributed by atoms with Crippen LogP contribution in [0.3, 0.4) is 0 Å². The van der Waals surface area contributed by atoms with E-state index >= 15 is 0 Å². The molecule has 0 fully saturated rings. The van der Waals surface area contributed by atoms with E-state index in [1.165, 1.54) is 6.07 Å². The Labute approximate surface area is 169 Å². The molecule has 138 valence electrons. The van der Waals surface area contributed by atoms with Gasteiger partial charge >= 0.3 is 0 Å². The first-order valence-corrected chi connectivity index (χ1v) is 8.72. The number of thiazole rings is 1. The Morgan fingerprint density at radius 3 is 2.76 bits per heavy atom. The molecule has 2 rings (SSSR count). The van der Waals surface area contributed by atoms with Gasteiger partial charge in [0.05, 0.1) is 23.8 Å². The van der Waals surface area contributed by atoms with Crippen molar-refractivity contribution in [3.05, 3.63) is 51.7 Å². The van der Waals surface area contributed by atoms with E-state index in [0.29, 0.717) is 19.0 Å². The molecular weight excluding hydrogens is 454 g/mol. The minimum absolute atomic E-state index is 0. The molecule has 0 aliphatic heterocycles. The first kappa shape index (κ1) is 21.8. The molecule has 5 nitrogen and oxygen atoms in total. The SMILES string of the molecule is CCNC(=NCC(O)c1ccccc1F)N(C)Cc1csc(C)n1.I. The summed E-state index contributed by atoms with van der Waals surface area (Å²) in [6.45, 7) is 5.35. The first-order valence-electron chi connectivity index (χ1n) is 7.84. The zero-order valence-corrected chi connectivity index (χ0v) is 17.7. The highest BCUT2D eigenvalue weighted by Gasteiger charge is 2.13. The minimum Gasteiger partial charge on any atom is -0.386 e. The van der Waals surface area contributed by atoms with Crippen LogP contribution < -0.4 is 5.32 Å². The Hall–Kier alpha value is -1.26. The number of guanidine groups is 1. The maximum atomic E-state index is 13.7. The molecule has 1 aromatic heterocycles. The van der Waals surface area contributed by atoms with Crippen LogP contribution in [-0.4, -0.2) is 41.1 Å². The van der Waals surface area contributed by atoms with Crippen molar-refractivity contribution in [3.8, 4) is 0 Å². The molecule has 2 aromatic rings. The third-order valence-electron chi connectivity index (χ3n) is 3.44. The Morgan fingerprint density at radius 2 is 2.16 bits per heavy atom. The van der Waals surface area contributed by atoms with Gasteiger partial charge in [-0.3, -0.25) is 4.99 Å². The number of rotatable bonds is 6. The molecule has 1 aromatic carbocycles. The fourth-order valence-corrected chi connectivity index (χ4v) is 2.89. The lowest BCUT2D eigenvalue weighted by Gasteiger charge is -2.21. The van der Waals surface area contributed by atoms with E-state index in [1.54, 1.807) is 29.5 Å². The second-order valence-corrected chi connectivity index (χ2v) is 6.51. The Kier molecular flexibility index (Phi) is 9.30. The maximum Gasteiger partial charge on any atom is 0.194 e. The van der Waals surface area contributed by atoms with Crippen LogP contribution in [0.5, 0.6) is 0 Å². The summed E-state index contributed by atoms with van der Waals surface area (Å²) in [5.74, 6) is 0.232. The van der Waals surface area contributed by atoms with Crippen LogP contribution in [-0.2, 0) is 6.54 Å². The van der Waals surface area contributed by atoms with E-state index in [4.69, 9.17) is 0 Å². The molecule has 0 amide bonds. The monoisotopic (exact) mass is 478 g/mol. The standard InChI is InChI=1S/C17H23FN4OS.HI/c1-4-19-17(22(3)10-13-11-24-12(2)21-13)20-9-16(23)14-7-5-6-8-15(14)18;/h5-8,11,16,23H,4,9-10H2,1-3H3,(H,19,20);1H. The molecule has 0 saturated carbocycles. The lowest BCUT2D eigenvalue weighted by atomic mass is 10.1. The lowest BCUT2D eigenvalue weighted by molar-refractivity contribution is 0.181. The summed E-state index contributed by atoms with van der Waals surface area (Å²) in [5, 5.41) is 16.4. The van der Waals surface area contributed by atoms with E-state index in [2.05, 4.69) is 15.3 Å². The Balaban J connectivity index is 0.00000312. The number of aryl methyl sites for hydroxylation is 1. The number of aromatic nitrogens is 1. The molecule has 1 heterocycles. The van der Waals surface area contributed by atoms with Crippen molar-refractivity contribution in [2.75, 3.05) is 20.1 Å². The summed E-state index contributed by atoms with van der Waals surface area (Å²) in [6.07, 6.45) is -0.977. The molecule has 0 aliphatic rings. The highest BCUT2D eigenvalue weighted by molar-refractivity contribution is 14.0. The summed E-state index contributed by atoms with van der Waals surface area (Å²) < 4.78 is 13.7. The number of aliphatic hydroxyl groups is 1. The van der Waals surface area contributed by atoms with Crippen molar-refractivity contribution in [1.29, 1.82) is 0 Å². The molecule has 0 radical (unpaired) electrons. The van der Waals surface area contributed by atoms with Crippen molar-refractivity contribution in [2.24, 2.45) is 4.99 Å². The summed E-state index contributed by atoms with van der Waals surface area (Å²) in [4.78, 5) is 10.8. The van der Waals surface area contributed by atoms with Crippen LogP contribution in [0, 0.1) is 12.7 Å². The first-order chi connectivity index (χ1) is 11.5. The van der Waals surface area contributed by atoms with Gasteiger partial charge in [0.25, 0.3) is 0 Å². The molecule has 2 N–H and O–H groups in total. The van der Waals surface area contributed by atoms with Gasteiger partial charge in [0.2, 0.25) is 0 Å². The van der Waals surface area contributed by atoms with Gasteiger partial charge in [0.15, 0.2) is 5.96 Å². The van der Waals surface area contributed by atoms with Gasteiger partial charge in [-0.15, -0.1) is 35.3 Å².